The molecule has 2 atom stereocenters. The minimum Gasteiger partial charge on any atom is -0.348 e. The van der Waals surface area contributed by atoms with Crippen LogP contribution in [0.3, 0.4) is 0 Å². The minimum absolute atomic E-state index is 0.0667. The number of halogens is 2. The Bertz CT molecular complexity index is 920. The van der Waals surface area contributed by atoms with E-state index in [1.165, 1.54) is 25.7 Å². The Morgan fingerprint density at radius 1 is 1.00 bits per heavy atom. The number of hydrogen-bond acceptors (Lipinski definition) is 3. The number of carbonyl (C=O) groups excluding carboxylic acids is 1. The van der Waals surface area contributed by atoms with Crippen LogP contribution >= 0.6 is 23.2 Å². The zero-order valence-corrected chi connectivity index (χ0v) is 18.7. The molecule has 2 aliphatic rings. The van der Waals surface area contributed by atoms with Crippen LogP contribution in [-0.4, -0.2) is 17.7 Å². The topological polar surface area (TPSA) is 44.7 Å². The second-order valence-corrected chi connectivity index (χ2v) is 9.07. The number of benzene rings is 2. The first-order chi connectivity index (χ1) is 14.5. The Morgan fingerprint density at radius 3 is 2.33 bits per heavy atom. The molecule has 0 unspecified atom stereocenters. The number of nitrogens with zero attached hydrogens (tertiary/aromatic N) is 2. The summed E-state index contributed by atoms with van der Waals surface area (Å²) in [6.07, 6.45) is 6.94. The summed E-state index contributed by atoms with van der Waals surface area (Å²) in [5.41, 5.74) is 2.40. The Labute approximate surface area is 188 Å². The number of amides is 1. The highest BCUT2D eigenvalue weighted by Crippen LogP contribution is 2.41. The highest BCUT2D eigenvalue weighted by molar-refractivity contribution is 6.41. The first kappa shape index (κ1) is 21.2. The Hall–Kier alpha value is -2.04. The molecule has 2 aromatic rings. The van der Waals surface area contributed by atoms with Crippen molar-refractivity contribution in [1.82, 2.24) is 5.32 Å². The van der Waals surface area contributed by atoms with E-state index in [-0.39, 0.29) is 23.9 Å². The van der Waals surface area contributed by atoms with E-state index < -0.39 is 0 Å². The van der Waals surface area contributed by atoms with Gasteiger partial charge in [0.25, 0.3) is 5.91 Å². The molecule has 0 spiro atoms. The van der Waals surface area contributed by atoms with Gasteiger partial charge in [-0.05, 0) is 42.7 Å². The normalized spacial score (nSPS) is 22.5. The molecule has 6 heteroatoms. The van der Waals surface area contributed by atoms with Crippen LogP contribution in [-0.2, 0) is 4.79 Å². The quantitative estimate of drug-likeness (QED) is 0.556. The van der Waals surface area contributed by atoms with E-state index in [2.05, 4.69) is 12.2 Å². The molecule has 1 heterocycles. The first-order valence-electron chi connectivity index (χ1n) is 10.7. The number of nitrogens with one attached hydrogen (secondary N) is 1. The van der Waals surface area contributed by atoms with Gasteiger partial charge in [-0.2, -0.15) is 5.10 Å². The van der Waals surface area contributed by atoms with Crippen molar-refractivity contribution in [1.29, 1.82) is 0 Å². The lowest BCUT2D eigenvalue weighted by atomic mass is 9.90. The monoisotopic (exact) mass is 443 g/mol. The third-order valence-electron chi connectivity index (χ3n) is 6.12. The van der Waals surface area contributed by atoms with Crippen LogP contribution in [0.15, 0.2) is 53.6 Å². The fraction of sp³-hybridized carbons (Fsp3) is 0.417. The number of anilines is 1. The van der Waals surface area contributed by atoms with E-state index in [1.54, 1.807) is 0 Å². The smallest absolute Gasteiger partial charge is 0.268 e. The van der Waals surface area contributed by atoms with E-state index in [0.717, 1.165) is 24.1 Å². The van der Waals surface area contributed by atoms with Gasteiger partial charge >= 0.3 is 0 Å². The average molecular weight is 444 g/mol. The summed E-state index contributed by atoms with van der Waals surface area (Å²) >= 11 is 12.6. The van der Waals surface area contributed by atoms with Gasteiger partial charge in [0, 0.05) is 17.0 Å². The third-order valence-corrected chi connectivity index (χ3v) is 6.69. The number of hydrazone groups is 1. The van der Waals surface area contributed by atoms with Crippen LogP contribution in [0.2, 0.25) is 10.0 Å². The van der Waals surface area contributed by atoms with E-state index in [1.807, 2.05) is 53.5 Å². The molecule has 0 radical (unpaired) electrons. The molecular formula is C24H27Cl2N3O. The number of rotatable bonds is 4. The van der Waals surface area contributed by atoms with Gasteiger partial charge in [0.1, 0.15) is 5.71 Å². The van der Waals surface area contributed by atoms with Gasteiger partial charge in [-0.25, -0.2) is 0 Å². The second-order valence-electron chi connectivity index (χ2n) is 8.23. The second kappa shape index (κ2) is 9.40. The van der Waals surface area contributed by atoms with E-state index in [9.17, 15) is 4.79 Å². The van der Waals surface area contributed by atoms with Gasteiger partial charge in [0.2, 0.25) is 0 Å². The maximum absolute atomic E-state index is 13.2. The van der Waals surface area contributed by atoms with Crippen LogP contribution in [0.5, 0.6) is 0 Å². The largest absolute Gasteiger partial charge is 0.348 e. The third kappa shape index (κ3) is 4.50. The summed E-state index contributed by atoms with van der Waals surface area (Å²) < 4.78 is 0. The molecule has 0 saturated heterocycles. The van der Waals surface area contributed by atoms with Gasteiger partial charge in [0.15, 0.2) is 0 Å². The Morgan fingerprint density at radius 2 is 1.67 bits per heavy atom. The predicted molar refractivity (Wildman–Crippen MR) is 124 cm³/mol. The molecule has 1 aliphatic carbocycles. The summed E-state index contributed by atoms with van der Waals surface area (Å²) in [7, 11) is 0. The lowest BCUT2D eigenvalue weighted by molar-refractivity contribution is -0.115. The summed E-state index contributed by atoms with van der Waals surface area (Å²) in [4.78, 5) is 13.2. The van der Waals surface area contributed by atoms with Crippen LogP contribution < -0.4 is 10.3 Å². The fourth-order valence-electron chi connectivity index (χ4n) is 4.50. The standard InChI is InChI=1S/C24H27Cl2N3O/c1-16-22(24(30)27-19-8-4-2-3-5-9-19)28-29(21-11-7-6-10-20(21)26)23(16)17-12-14-18(25)15-13-17/h6-7,10-16,19,23H,2-5,8-9H2,1H3,(H,27,30)/t16-,23-/m0/s1. The lowest BCUT2D eigenvalue weighted by Gasteiger charge is -2.27. The number of para-hydroxylation sites is 1. The molecule has 1 aliphatic heterocycles. The molecule has 0 bridgehead atoms. The van der Waals surface area contributed by atoms with Gasteiger partial charge in [-0.3, -0.25) is 9.80 Å². The molecule has 4 nitrogen and oxygen atoms in total. The van der Waals surface area contributed by atoms with Gasteiger partial charge < -0.3 is 5.32 Å². The number of hydrogen-bond donors (Lipinski definition) is 1. The molecule has 2 aromatic carbocycles. The molecule has 1 amide bonds. The maximum atomic E-state index is 13.2. The van der Waals surface area contributed by atoms with Crippen molar-refractivity contribution < 1.29 is 4.79 Å². The zero-order valence-electron chi connectivity index (χ0n) is 17.2. The molecule has 0 aromatic heterocycles. The molecule has 158 valence electrons. The summed E-state index contributed by atoms with van der Waals surface area (Å²) in [5, 5.41) is 11.2. The van der Waals surface area contributed by atoms with Crippen molar-refractivity contribution in [3.8, 4) is 0 Å². The van der Waals surface area contributed by atoms with E-state index in [4.69, 9.17) is 28.3 Å². The highest BCUT2D eigenvalue weighted by atomic mass is 35.5. The molecule has 1 N–H and O–H groups in total. The van der Waals surface area contributed by atoms with Crippen LogP contribution in [0.25, 0.3) is 0 Å². The number of carbonyl (C=O) groups is 1. The molecular weight excluding hydrogens is 417 g/mol. The van der Waals surface area contributed by atoms with Crippen LogP contribution in [0.1, 0.15) is 57.1 Å². The Kier molecular flexibility index (Phi) is 6.64. The molecule has 30 heavy (non-hydrogen) atoms. The lowest BCUT2D eigenvalue weighted by Crippen LogP contribution is -2.40. The minimum atomic E-state index is -0.128. The SMILES string of the molecule is C[C@H]1C(C(=O)NC2CCCCCC2)=NN(c2ccccc2Cl)[C@@H]1c1ccc(Cl)cc1. The molecule has 4 rings (SSSR count). The van der Waals surface area contributed by atoms with Crippen molar-refractivity contribution in [3.05, 3.63) is 64.1 Å². The zero-order chi connectivity index (χ0) is 21.1. The van der Waals surface area contributed by atoms with Crippen LogP contribution in [0.4, 0.5) is 5.69 Å². The van der Waals surface area contributed by atoms with E-state index in [0.29, 0.717) is 15.8 Å². The van der Waals surface area contributed by atoms with Crippen molar-refractivity contribution in [3.63, 3.8) is 0 Å². The summed E-state index contributed by atoms with van der Waals surface area (Å²) in [5.74, 6) is -0.156. The highest BCUT2D eigenvalue weighted by Gasteiger charge is 2.40. The predicted octanol–water partition coefficient (Wildman–Crippen LogP) is 6.39. The van der Waals surface area contributed by atoms with E-state index >= 15 is 0 Å². The maximum Gasteiger partial charge on any atom is 0.268 e. The molecule has 1 fully saturated rings. The average Bonchev–Trinajstić information content (AvgIpc) is 2.89. The van der Waals surface area contributed by atoms with Crippen molar-refractivity contribution in [2.24, 2.45) is 11.0 Å². The summed E-state index contributed by atoms with van der Waals surface area (Å²) in [6, 6.07) is 15.5. The van der Waals surface area contributed by atoms with Crippen LogP contribution in [0, 0.1) is 5.92 Å². The van der Waals surface area contributed by atoms with Crippen molar-refractivity contribution in [2.45, 2.75) is 57.5 Å². The van der Waals surface area contributed by atoms with Crippen molar-refractivity contribution in [2.75, 3.05) is 5.01 Å². The van der Waals surface area contributed by atoms with Crippen molar-refractivity contribution >= 4 is 40.5 Å². The fourth-order valence-corrected chi connectivity index (χ4v) is 4.85. The first-order valence-corrected chi connectivity index (χ1v) is 11.5. The van der Waals surface area contributed by atoms with Gasteiger partial charge in [0.05, 0.1) is 16.8 Å². The summed E-state index contributed by atoms with van der Waals surface area (Å²) in [6.45, 7) is 2.06. The van der Waals surface area contributed by atoms with Gasteiger partial charge in [-0.15, -0.1) is 0 Å². The van der Waals surface area contributed by atoms with Gasteiger partial charge in [-0.1, -0.05) is 80.1 Å². The molecule has 1 saturated carbocycles. The Balaban J connectivity index is 1.65.